The van der Waals surface area contributed by atoms with Gasteiger partial charge in [-0.3, -0.25) is 9.36 Å². The first-order valence-electron chi connectivity index (χ1n) is 12.9. The Morgan fingerprint density at radius 2 is 1.88 bits per heavy atom. The standard InChI is InChI=1S/C26H27F5N6O3/c27-18-4-1-3-16(21(18)28)14-6-7-17(23(38)35(12-14)13-26(29,30)31)20-11-15(8-10-36(20)24(32)39)37-22-19(34-25(37)40)5-2-9-33-22/h1-5,9,14-15,17,20H,6-8,10-13H2,(H2,32,39)(H,34,40)/t14-,15+,17-,20-/m1/s1. The molecular weight excluding hydrogens is 539 g/mol. The number of nitrogens with two attached hydrogens (primary N) is 1. The van der Waals surface area contributed by atoms with Gasteiger partial charge in [0, 0.05) is 37.3 Å². The number of hydrogen-bond acceptors (Lipinski definition) is 4. The fourth-order valence-corrected chi connectivity index (χ4v) is 6.16. The van der Waals surface area contributed by atoms with Crippen molar-refractivity contribution < 1.29 is 31.5 Å². The molecule has 0 unspecified atom stereocenters. The van der Waals surface area contributed by atoms with E-state index in [4.69, 9.17) is 5.73 Å². The molecule has 2 aliphatic rings. The van der Waals surface area contributed by atoms with E-state index in [9.17, 15) is 36.3 Å². The summed E-state index contributed by atoms with van der Waals surface area (Å²) >= 11 is 0. The monoisotopic (exact) mass is 566 g/mol. The van der Waals surface area contributed by atoms with E-state index in [1.165, 1.54) is 27.8 Å². The van der Waals surface area contributed by atoms with Gasteiger partial charge in [-0.05, 0) is 49.4 Å². The van der Waals surface area contributed by atoms with Gasteiger partial charge >= 0.3 is 17.9 Å². The first kappa shape index (κ1) is 27.6. The number of carbonyl (C=O) groups is 2. The Hall–Kier alpha value is -3.97. The molecule has 14 heteroatoms. The van der Waals surface area contributed by atoms with E-state index in [0.29, 0.717) is 22.5 Å². The molecule has 9 nitrogen and oxygen atoms in total. The van der Waals surface area contributed by atoms with Crippen LogP contribution in [-0.4, -0.2) is 68.1 Å². The zero-order chi connectivity index (χ0) is 28.8. The Balaban J connectivity index is 1.51. The molecule has 3 amide bonds. The Morgan fingerprint density at radius 1 is 1.10 bits per heavy atom. The van der Waals surface area contributed by atoms with Crippen molar-refractivity contribution in [3.63, 3.8) is 0 Å². The maximum atomic E-state index is 14.7. The van der Waals surface area contributed by atoms with Crippen molar-refractivity contribution in [1.29, 1.82) is 0 Å². The van der Waals surface area contributed by atoms with Crippen molar-refractivity contribution in [2.75, 3.05) is 19.6 Å². The fourth-order valence-electron chi connectivity index (χ4n) is 6.16. The molecule has 3 N–H and O–H groups in total. The molecule has 2 aromatic heterocycles. The maximum Gasteiger partial charge on any atom is 0.406 e. The number of fused-ring (bicyclic) bond motifs is 1. The van der Waals surface area contributed by atoms with Gasteiger partial charge in [0.15, 0.2) is 17.3 Å². The van der Waals surface area contributed by atoms with Gasteiger partial charge in [0.1, 0.15) is 6.54 Å². The van der Waals surface area contributed by atoms with E-state index in [-0.39, 0.29) is 31.4 Å². The summed E-state index contributed by atoms with van der Waals surface area (Å²) in [4.78, 5) is 47.8. The average Bonchev–Trinajstić information content (AvgIpc) is 3.15. The molecule has 0 saturated carbocycles. The van der Waals surface area contributed by atoms with Crippen molar-refractivity contribution in [2.24, 2.45) is 11.7 Å². The van der Waals surface area contributed by atoms with Gasteiger partial charge in [0.05, 0.1) is 11.4 Å². The third kappa shape index (κ3) is 5.26. The molecule has 40 heavy (non-hydrogen) atoms. The van der Waals surface area contributed by atoms with E-state index >= 15 is 0 Å². The highest BCUT2D eigenvalue weighted by Gasteiger charge is 2.46. The molecule has 0 spiro atoms. The van der Waals surface area contributed by atoms with Gasteiger partial charge in [-0.15, -0.1) is 0 Å². The minimum atomic E-state index is -4.75. The molecule has 3 aromatic rings. The molecule has 4 atom stereocenters. The summed E-state index contributed by atoms with van der Waals surface area (Å²) in [5.41, 5.74) is 5.92. The van der Waals surface area contributed by atoms with Crippen LogP contribution in [0.4, 0.5) is 26.7 Å². The largest absolute Gasteiger partial charge is 0.406 e. The second-order valence-corrected chi connectivity index (χ2v) is 10.3. The number of likely N-dealkylation sites (tertiary alicyclic amines) is 2. The lowest BCUT2D eigenvalue weighted by atomic mass is 9.83. The van der Waals surface area contributed by atoms with E-state index in [1.54, 1.807) is 12.1 Å². The molecule has 4 heterocycles. The van der Waals surface area contributed by atoms with Gasteiger partial charge in [0.2, 0.25) is 5.91 Å². The van der Waals surface area contributed by atoms with Gasteiger partial charge in [-0.2, -0.15) is 13.2 Å². The quantitative estimate of drug-likeness (QED) is 0.469. The topological polar surface area (TPSA) is 117 Å². The number of halogens is 5. The summed E-state index contributed by atoms with van der Waals surface area (Å²) in [6.45, 7) is -2.01. The number of primary amides is 1. The number of H-pyrrole nitrogens is 1. The van der Waals surface area contributed by atoms with Crippen LogP contribution in [0.3, 0.4) is 0 Å². The summed E-state index contributed by atoms with van der Waals surface area (Å²) in [6, 6.07) is 4.48. The first-order chi connectivity index (χ1) is 18.9. The number of nitrogens with one attached hydrogen (secondary N) is 1. The number of rotatable bonds is 4. The smallest absolute Gasteiger partial charge is 0.351 e. The minimum absolute atomic E-state index is 0.00396. The maximum absolute atomic E-state index is 14.7. The predicted octanol–water partition coefficient (Wildman–Crippen LogP) is 3.67. The number of alkyl halides is 3. The minimum Gasteiger partial charge on any atom is -0.351 e. The molecule has 0 bridgehead atoms. The molecule has 0 radical (unpaired) electrons. The summed E-state index contributed by atoms with van der Waals surface area (Å²) in [6.07, 6.45) is -2.83. The van der Waals surface area contributed by atoms with Crippen LogP contribution >= 0.6 is 0 Å². The highest BCUT2D eigenvalue weighted by Crippen LogP contribution is 2.39. The summed E-state index contributed by atoms with van der Waals surface area (Å²) in [5.74, 6) is -5.20. The van der Waals surface area contributed by atoms with Gasteiger partial charge in [-0.25, -0.2) is 23.4 Å². The first-order valence-corrected chi connectivity index (χ1v) is 12.9. The number of amides is 3. The number of pyridine rings is 1. The Morgan fingerprint density at radius 3 is 2.60 bits per heavy atom. The van der Waals surface area contributed by atoms with Crippen LogP contribution in [-0.2, 0) is 4.79 Å². The fraction of sp³-hybridized carbons (Fsp3) is 0.462. The number of nitrogens with zero attached hydrogens (tertiary/aromatic N) is 4. The summed E-state index contributed by atoms with van der Waals surface area (Å²) < 4.78 is 70.8. The number of urea groups is 1. The lowest BCUT2D eigenvalue weighted by molar-refractivity contribution is -0.164. The third-order valence-corrected chi connectivity index (χ3v) is 7.89. The number of piperidine rings is 1. The van der Waals surface area contributed by atoms with Crippen molar-refractivity contribution in [3.05, 3.63) is 64.2 Å². The number of carbonyl (C=O) groups excluding carboxylic acids is 2. The van der Waals surface area contributed by atoms with E-state index in [0.717, 1.165) is 6.07 Å². The van der Waals surface area contributed by atoms with Crippen LogP contribution in [0.25, 0.3) is 11.2 Å². The van der Waals surface area contributed by atoms with Crippen LogP contribution in [0.2, 0.25) is 0 Å². The molecule has 0 aliphatic carbocycles. The molecule has 5 rings (SSSR count). The normalized spacial score (nSPS) is 24.4. The highest BCUT2D eigenvalue weighted by atomic mass is 19.4. The van der Waals surface area contributed by atoms with Crippen molar-refractivity contribution in [2.45, 2.75) is 49.9 Å². The lowest BCUT2D eigenvalue weighted by Crippen LogP contribution is -2.56. The van der Waals surface area contributed by atoms with Crippen LogP contribution in [0.15, 0.2) is 41.3 Å². The van der Waals surface area contributed by atoms with E-state index in [2.05, 4.69) is 9.97 Å². The number of aromatic amines is 1. The van der Waals surface area contributed by atoms with Crippen molar-refractivity contribution >= 4 is 23.1 Å². The number of hydrogen-bond donors (Lipinski definition) is 2. The second kappa shape index (κ2) is 10.5. The van der Waals surface area contributed by atoms with E-state index < -0.39 is 72.4 Å². The van der Waals surface area contributed by atoms with Gasteiger partial charge in [0.25, 0.3) is 0 Å². The Labute approximate surface area is 224 Å². The second-order valence-electron chi connectivity index (χ2n) is 10.3. The molecular formula is C26H27F5N6O3. The molecule has 214 valence electrons. The summed E-state index contributed by atoms with van der Waals surface area (Å²) in [7, 11) is 0. The Kier molecular flexibility index (Phi) is 7.27. The zero-order valence-corrected chi connectivity index (χ0v) is 21.2. The average molecular weight is 567 g/mol. The molecule has 1 aromatic carbocycles. The lowest BCUT2D eigenvalue weighted by Gasteiger charge is -2.42. The Bertz CT molecular complexity index is 1490. The zero-order valence-electron chi connectivity index (χ0n) is 21.2. The number of imidazole rings is 1. The van der Waals surface area contributed by atoms with Gasteiger partial charge in [-0.1, -0.05) is 12.1 Å². The van der Waals surface area contributed by atoms with E-state index in [1.807, 2.05) is 0 Å². The SMILES string of the molecule is NC(=O)N1CC[C@H](n2c(=O)[nH]c3cccnc32)C[C@@H]1[C@H]1CC[C@@H](c2cccc(F)c2F)CN(CC(F)(F)F)C1=O. The van der Waals surface area contributed by atoms with Crippen molar-refractivity contribution in [3.8, 4) is 0 Å². The predicted molar refractivity (Wildman–Crippen MR) is 133 cm³/mol. The van der Waals surface area contributed by atoms with Crippen LogP contribution in [0.5, 0.6) is 0 Å². The number of aromatic nitrogens is 3. The van der Waals surface area contributed by atoms with Crippen molar-refractivity contribution in [1.82, 2.24) is 24.3 Å². The van der Waals surface area contributed by atoms with Crippen LogP contribution in [0.1, 0.15) is 43.2 Å². The number of benzene rings is 1. The highest BCUT2D eigenvalue weighted by molar-refractivity contribution is 5.81. The van der Waals surface area contributed by atoms with Crippen LogP contribution < -0.4 is 11.4 Å². The van der Waals surface area contributed by atoms with Gasteiger partial charge < -0.3 is 20.5 Å². The molecule has 2 fully saturated rings. The molecule has 2 aliphatic heterocycles. The summed E-state index contributed by atoms with van der Waals surface area (Å²) in [5, 5.41) is 0. The molecule has 2 saturated heterocycles. The van der Waals surface area contributed by atoms with Crippen LogP contribution in [0, 0.1) is 17.6 Å². The third-order valence-electron chi connectivity index (χ3n) is 7.89.